The molecule has 1 unspecified atom stereocenters. The molecular weight excluding hydrogens is 372 g/mol. The van der Waals surface area contributed by atoms with Crippen molar-refractivity contribution in [3.63, 3.8) is 0 Å². The zero-order chi connectivity index (χ0) is 20.0. The first-order valence-electron chi connectivity index (χ1n) is 8.18. The first kappa shape index (κ1) is 20.5. The predicted octanol–water partition coefficient (Wildman–Crippen LogP) is 3.76. The fourth-order valence-corrected chi connectivity index (χ4v) is 3.17. The molecule has 0 saturated heterocycles. The van der Waals surface area contributed by atoms with E-state index < -0.39 is 22.9 Å². The van der Waals surface area contributed by atoms with Crippen molar-refractivity contribution in [2.24, 2.45) is 0 Å². The molecule has 1 N–H and O–H groups in total. The van der Waals surface area contributed by atoms with Crippen LogP contribution in [0.3, 0.4) is 0 Å². The largest absolute Gasteiger partial charge is 0.478 e. The number of thioether (sulfide) groups is 1. The van der Waals surface area contributed by atoms with E-state index in [1.807, 2.05) is 6.26 Å². The number of carbonyl (C=O) groups excluding carboxylic acids is 1. The molecule has 0 spiro atoms. The fraction of sp³-hybridized carbons (Fsp3) is 0.333. The molecule has 27 heavy (non-hydrogen) atoms. The SMILES string of the molecule is CSCCCOC(=O)N1C=CC(c2cccc([N+](=O)[O-])c2)C(C(=O)O)=C1C. The van der Waals surface area contributed by atoms with E-state index in [0.29, 0.717) is 12.0 Å². The summed E-state index contributed by atoms with van der Waals surface area (Å²) in [5, 5.41) is 20.6. The molecule has 1 atom stereocenters. The van der Waals surface area contributed by atoms with Gasteiger partial charge in [-0.05, 0) is 30.9 Å². The Hall–Kier alpha value is -2.81. The van der Waals surface area contributed by atoms with Gasteiger partial charge in [0.15, 0.2) is 0 Å². The summed E-state index contributed by atoms with van der Waals surface area (Å²) in [4.78, 5) is 35.7. The van der Waals surface area contributed by atoms with E-state index in [9.17, 15) is 24.8 Å². The van der Waals surface area contributed by atoms with Crippen molar-refractivity contribution in [3.05, 3.63) is 63.5 Å². The first-order chi connectivity index (χ1) is 12.9. The fourth-order valence-electron chi connectivity index (χ4n) is 2.76. The van der Waals surface area contributed by atoms with E-state index in [1.54, 1.807) is 17.8 Å². The van der Waals surface area contributed by atoms with Gasteiger partial charge in [0.1, 0.15) is 0 Å². The Bertz CT molecular complexity index is 805. The average molecular weight is 392 g/mol. The molecule has 1 aromatic carbocycles. The van der Waals surface area contributed by atoms with Crippen LogP contribution < -0.4 is 0 Å². The van der Waals surface area contributed by atoms with E-state index >= 15 is 0 Å². The van der Waals surface area contributed by atoms with Gasteiger partial charge >= 0.3 is 12.1 Å². The third-order valence-corrected chi connectivity index (χ3v) is 4.77. The Balaban J connectivity index is 2.28. The maximum absolute atomic E-state index is 12.3. The molecule has 0 saturated carbocycles. The summed E-state index contributed by atoms with van der Waals surface area (Å²) >= 11 is 1.64. The molecule has 0 aromatic heterocycles. The minimum atomic E-state index is -1.20. The maximum atomic E-state index is 12.3. The van der Waals surface area contributed by atoms with E-state index in [2.05, 4.69) is 0 Å². The highest BCUT2D eigenvalue weighted by Crippen LogP contribution is 2.35. The number of carbonyl (C=O) groups is 2. The monoisotopic (exact) mass is 392 g/mol. The third-order valence-electron chi connectivity index (χ3n) is 4.08. The number of benzene rings is 1. The van der Waals surface area contributed by atoms with Crippen LogP contribution in [0, 0.1) is 10.1 Å². The van der Waals surface area contributed by atoms with Crippen molar-refractivity contribution in [3.8, 4) is 0 Å². The molecule has 8 nitrogen and oxygen atoms in total. The quantitative estimate of drug-likeness (QED) is 0.427. The number of nitro benzene ring substituents is 1. The van der Waals surface area contributed by atoms with Crippen LogP contribution in [0.4, 0.5) is 10.5 Å². The van der Waals surface area contributed by atoms with Gasteiger partial charge in [-0.25, -0.2) is 9.59 Å². The van der Waals surface area contributed by atoms with Gasteiger partial charge in [-0.1, -0.05) is 18.2 Å². The van der Waals surface area contributed by atoms with Crippen molar-refractivity contribution in [1.29, 1.82) is 0 Å². The summed E-state index contributed by atoms with van der Waals surface area (Å²) < 4.78 is 5.18. The topological polar surface area (TPSA) is 110 Å². The first-order valence-corrected chi connectivity index (χ1v) is 9.57. The standard InChI is InChI=1S/C18H20N2O6S/c1-12-16(17(21)22)15(13-5-3-6-14(11-13)20(24)25)7-8-19(12)18(23)26-9-4-10-27-2/h3,5-8,11,15H,4,9-10H2,1-2H3,(H,21,22). The highest BCUT2D eigenvalue weighted by Gasteiger charge is 2.31. The summed E-state index contributed by atoms with van der Waals surface area (Å²) in [7, 11) is 0. The van der Waals surface area contributed by atoms with E-state index in [1.165, 1.54) is 37.4 Å². The van der Waals surface area contributed by atoms with Gasteiger partial charge < -0.3 is 9.84 Å². The number of hydrogen-bond donors (Lipinski definition) is 1. The number of nitro groups is 1. The van der Waals surface area contributed by atoms with Crippen molar-refractivity contribution < 1.29 is 24.4 Å². The lowest BCUT2D eigenvalue weighted by atomic mass is 9.87. The normalized spacial score (nSPS) is 16.4. The molecule has 0 fully saturated rings. The number of amides is 1. The van der Waals surface area contributed by atoms with Crippen LogP contribution in [-0.2, 0) is 9.53 Å². The second-order valence-corrected chi connectivity index (χ2v) is 6.79. The molecule has 144 valence electrons. The lowest BCUT2D eigenvalue weighted by Crippen LogP contribution is -2.31. The summed E-state index contributed by atoms with van der Waals surface area (Å²) in [5.74, 6) is -1.05. The van der Waals surface area contributed by atoms with Crippen LogP contribution in [0.25, 0.3) is 0 Å². The van der Waals surface area contributed by atoms with E-state index in [-0.39, 0.29) is 23.6 Å². The van der Waals surface area contributed by atoms with Gasteiger partial charge in [0.05, 0.1) is 17.1 Å². The van der Waals surface area contributed by atoms with Crippen LogP contribution in [-0.4, -0.2) is 45.6 Å². The molecule has 1 aromatic rings. The molecule has 0 aliphatic carbocycles. The summed E-state index contributed by atoms with van der Waals surface area (Å²) in [6.45, 7) is 1.76. The number of carboxylic acid groups (broad SMARTS) is 1. The number of rotatable bonds is 7. The number of allylic oxidation sites excluding steroid dienone is 2. The number of carboxylic acids is 1. The number of hydrogen-bond acceptors (Lipinski definition) is 6. The van der Waals surface area contributed by atoms with Crippen LogP contribution >= 0.6 is 11.8 Å². The molecule has 1 amide bonds. The van der Waals surface area contributed by atoms with Crippen molar-refractivity contribution >= 4 is 29.5 Å². The second-order valence-electron chi connectivity index (χ2n) is 5.81. The number of aliphatic carboxylic acids is 1. The average Bonchev–Trinajstić information content (AvgIpc) is 2.64. The van der Waals surface area contributed by atoms with E-state index in [0.717, 1.165) is 10.7 Å². The number of nitrogens with zero attached hydrogens (tertiary/aromatic N) is 2. The van der Waals surface area contributed by atoms with Gasteiger partial charge in [-0.3, -0.25) is 15.0 Å². The Morgan fingerprint density at radius 3 is 2.78 bits per heavy atom. The molecule has 2 rings (SSSR count). The van der Waals surface area contributed by atoms with Crippen LogP contribution in [0.5, 0.6) is 0 Å². The Labute approximate surface area is 160 Å². The lowest BCUT2D eigenvalue weighted by molar-refractivity contribution is -0.384. The van der Waals surface area contributed by atoms with Crippen molar-refractivity contribution in [2.75, 3.05) is 18.6 Å². The van der Waals surface area contributed by atoms with Crippen LogP contribution in [0.1, 0.15) is 24.8 Å². The summed E-state index contributed by atoms with van der Waals surface area (Å²) in [6.07, 6.45) is 4.98. The molecule has 1 aliphatic heterocycles. The molecule has 1 heterocycles. The molecule has 9 heteroatoms. The Kier molecular flexibility index (Phi) is 7.00. The third kappa shape index (κ3) is 4.88. The Morgan fingerprint density at radius 1 is 1.41 bits per heavy atom. The number of non-ortho nitro benzene ring substituents is 1. The highest BCUT2D eigenvalue weighted by molar-refractivity contribution is 7.98. The van der Waals surface area contributed by atoms with Crippen LogP contribution in [0.2, 0.25) is 0 Å². The molecule has 1 aliphatic rings. The molecular formula is C18H20N2O6S. The zero-order valence-corrected chi connectivity index (χ0v) is 15.8. The Morgan fingerprint density at radius 2 is 2.15 bits per heavy atom. The van der Waals surface area contributed by atoms with E-state index in [4.69, 9.17) is 4.74 Å². The van der Waals surface area contributed by atoms with Gasteiger partial charge in [0, 0.05) is 29.9 Å². The summed E-state index contributed by atoms with van der Waals surface area (Å²) in [5.41, 5.74) is 0.527. The number of ether oxygens (including phenoxy) is 1. The lowest BCUT2D eigenvalue weighted by Gasteiger charge is -2.28. The van der Waals surface area contributed by atoms with Crippen molar-refractivity contribution in [2.45, 2.75) is 19.3 Å². The summed E-state index contributed by atoms with van der Waals surface area (Å²) in [6, 6.07) is 5.80. The highest BCUT2D eigenvalue weighted by atomic mass is 32.2. The van der Waals surface area contributed by atoms with Gasteiger partial charge in [-0.15, -0.1) is 0 Å². The molecule has 0 bridgehead atoms. The second kappa shape index (κ2) is 9.22. The van der Waals surface area contributed by atoms with Crippen molar-refractivity contribution in [1.82, 2.24) is 4.90 Å². The maximum Gasteiger partial charge on any atom is 0.418 e. The minimum Gasteiger partial charge on any atom is -0.478 e. The van der Waals surface area contributed by atoms with Gasteiger partial charge in [0.2, 0.25) is 0 Å². The minimum absolute atomic E-state index is 0.0286. The van der Waals surface area contributed by atoms with Crippen LogP contribution in [0.15, 0.2) is 47.8 Å². The zero-order valence-electron chi connectivity index (χ0n) is 15.0. The molecule has 0 radical (unpaired) electrons. The van der Waals surface area contributed by atoms with Gasteiger partial charge in [-0.2, -0.15) is 11.8 Å². The van der Waals surface area contributed by atoms with Gasteiger partial charge in [0.25, 0.3) is 5.69 Å². The smallest absolute Gasteiger partial charge is 0.418 e. The predicted molar refractivity (Wildman–Crippen MR) is 101 cm³/mol.